The van der Waals surface area contributed by atoms with Crippen molar-refractivity contribution in [1.82, 2.24) is 10.3 Å². The zero-order chi connectivity index (χ0) is 19.6. The number of thiocarbonyl (C=S) groups is 1. The summed E-state index contributed by atoms with van der Waals surface area (Å²) >= 11 is 12.7. The molecule has 1 aromatic heterocycles. The van der Waals surface area contributed by atoms with Crippen LogP contribution >= 0.6 is 35.2 Å². The van der Waals surface area contributed by atoms with E-state index in [1.165, 1.54) is 11.3 Å². The van der Waals surface area contributed by atoms with Crippen LogP contribution in [-0.2, 0) is 9.84 Å². The third-order valence-electron chi connectivity index (χ3n) is 4.00. The van der Waals surface area contributed by atoms with Gasteiger partial charge in [0.15, 0.2) is 31.6 Å². The van der Waals surface area contributed by atoms with Crippen LogP contribution in [0.5, 0.6) is 11.5 Å². The van der Waals surface area contributed by atoms with Gasteiger partial charge in [0.05, 0.1) is 42.8 Å². The Morgan fingerprint density at radius 2 is 2.04 bits per heavy atom. The molecule has 0 saturated carbocycles. The molecule has 2 atom stereocenters. The number of hydrogen-bond donors (Lipinski definition) is 2. The number of halogens is 1. The number of alkyl halides is 1. The summed E-state index contributed by atoms with van der Waals surface area (Å²) in [5, 5.41) is 8.19. The van der Waals surface area contributed by atoms with Crippen LogP contribution in [-0.4, -0.2) is 55.7 Å². The molecule has 2 N–H and O–H groups in total. The summed E-state index contributed by atoms with van der Waals surface area (Å²) in [5.41, 5.74) is 1.63. The molecule has 0 unspecified atom stereocenters. The van der Waals surface area contributed by atoms with Gasteiger partial charge in [-0.15, -0.1) is 22.9 Å². The van der Waals surface area contributed by atoms with Crippen molar-refractivity contribution in [3.05, 3.63) is 23.6 Å². The minimum atomic E-state index is -3.12. The number of methoxy groups -OCH3 is 2. The summed E-state index contributed by atoms with van der Waals surface area (Å²) in [4.78, 5) is 4.51. The van der Waals surface area contributed by atoms with E-state index in [4.69, 9.17) is 33.3 Å². The molecule has 0 aliphatic carbocycles. The molecule has 2 aromatic rings. The first-order chi connectivity index (χ1) is 12.8. The highest BCUT2D eigenvalue weighted by Crippen LogP contribution is 2.33. The van der Waals surface area contributed by atoms with Crippen molar-refractivity contribution in [3.8, 4) is 22.8 Å². The Balaban J connectivity index is 1.67. The number of thiazole rings is 1. The molecule has 11 heteroatoms. The fourth-order valence-electron chi connectivity index (χ4n) is 2.70. The Morgan fingerprint density at radius 1 is 1.30 bits per heavy atom. The summed E-state index contributed by atoms with van der Waals surface area (Å²) in [6.45, 7) is 0. The summed E-state index contributed by atoms with van der Waals surface area (Å²) in [6.07, 6.45) is 0. The maximum Gasteiger partial charge on any atom is 0.189 e. The fourth-order valence-corrected chi connectivity index (χ4v) is 6.28. The Kier molecular flexibility index (Phi) is 6.09. The molecule has 0 radical (unpaired) electrons. The molecule has 27 heavy (non-hydrogen) atoms. The molecule has 7 nitrogen and oxygen atoms in total. The number of hydrogen-bond acceptors (Lipinski definition) is 7. The molecule has 146 valence electrons. The smallest absolute Gasteiger partial charge is 0.189 e. The van der Waals surface area contributed by atoms with E-state index in [9.17, 15) is 8.42 Å². The zero-order valence-corrected chi connectivity index (χ0v) is 17.8. The van der Waals surface area contributed by atoms with E-state index in [0.717, 1.165) is 11.3 Å². The van der Waals surface area contributed by atoms with Crippen LogP contribution in [0.3, 0.4) is 0 Å². The molecule has 1 aromatic carbocycles. The van der Waals surface area contributed by atoms with Gasteiger partial charge in [0.1, 0.15) is 0 Å². The van der Waals surface area contributed by atoms with Crippen molar-refractivity contribution in [2.75, 3.05) is 31.0 Å². The lowest BCUT2D eigenvalue weighted by atomic mass is 10.1. The molecule has 0 amide bonds. The van der Waals surface area contributed by atoms with Crippen LogP contribution in [0.1, 0.15) is 0 Å². The SMILES string of the molecule is COc1ccc(-c2csc(NC(=S)N[C@H]3CS(=O)(=O)C[C@@H]3Cl)n2)cc1OC. The van der Waals surface area contributed by atoms with Crippen LogP contribution in [0.4, 0.5) is 5.13 Å². The van der Waals surface area contributed by atoms with Crippen LogP contribution in [0.2, 0.25) is 0 Å². The summed E-state index contributed by atoms with van der Waals surface area (Å²) < 4.78 is 33.8. The summed E-state index contributed by atoms with van der Waals surface area (Å²) in [6, 6.07) is 5.13. The largest absolute Gasteiger partial charge is 0.493 e. The first-order valence-corrected chi connectivity index (χ1v) is 11.5. The van der Waals surface area contributed by atoms with Gasteiger partial charge in [0, 0.05) is 10.9 Å². The van der Waals surface area contributed by atoms with Crippen molar-refractivity contribution < 1.29 is 17.9 Å². The van der Waals surface area contributed by atoms with Gasteiger partial charge in [-0.3, -0.25) is 0 Å². The molecule has 0 spiro atoms. The molecule has 3 rings (SSSR count). The molecule has 2 heterocycles. The lowest BCUT2D eigenvalue weighted by Gasteiger charge is -2.16. The highest BCUT2D eigenvalue weighted by molar-refractivity contribution is 7.91. The van der Waals surface area contributed by atoms with Crippen molar-refractivity contribution in [3.63, 3.8) is 0 Å². The van der Waals surface area contributed by atoms with Gasteiger partial charge in [0.25, 0.3) is 0 Å². The van der Waals surface area contributed by atoms with Crippen molar-refractivity contribution >= 4 is 55.2 Å². The number of sulfone groups is 1. The van der Waals surface area contributed by atoms with Gasteiger partial charge in [0.2, 0.25) is 0 Å². The number of aromatic nitrogens is 1. The second kappa shape index (κ2) is 8.17. The third-order valence-corrected chi connectivity index (χ3v) is 7.36. The van der Waals surface area contributed by atoms with E-state index in [0.29, 0.717) is 16.6 Å². The lowest BCUT2D eigenvalue weighted by Crippen LogP contribution is -2.42. The van der Waals surface area contributed by atoms with Crippen molar-refractivity contribution in [1.29, 1.82) is 0 Å². The van der Waals surface area contributed by atoms with Crippen molar-refractivity contribution in [2.45, 2.75) is 11.4 Å². The standard InChI is InChI=1S/C16H18ClN3O4S3/c1-23-13-4-3-9(5-14(13)24-2)11-6-26-16(19-11)20-15(25)18-12-8-27(21,22)7-10(12)17/h3-6,10,12H,7-8H2,1-2H3,(H2,18,19,20,25)/t10-,12-/m0/s1. The fraction of sp³-hybridized carbons (Fsp3) is 0.375. The predicted octanol–water partition coefficient (Wildman–Crippen LogP) is 2.52. The van der Waals surface area contributed by atoms with Gasteiger partial charge >= 0.3 is 0 Å². The van der Waals surface area contributed by atoms with Gasteiger partial charge in [-0.2, -0.15) is 0 Å². The average molecular weight is 448 g/mol. The normalized spacial score (nSPS) is 20.9. The second-order valence-electron chi connectivity index (χ2n) is 5.91. The number of ether oxygens (including phenoxy) is 2. The molecule has 1 fully saturated rings. The first kappa shape index (κ1) is 20.1. The van der Waals surface area contributed by atoms with E-state index < -0.39 is 21.3 Å². The monoisotopic (exact) mass is 447 g/mol. The van der Waals surface area contributed by atoms with Gasteiger partial charge in [-0.1, -0.05) is 0 Å². The van der Waals surface area contributed by atoms with Crippen molar-refractivity contribution in [2.24, 2.45) is 0 Å². The quantitative estimate of drug-likeness (QED) is 0.533. The van der Waals surface area contributed by atoms with Crippen LogP contribution in [0, 0.1) is 0 Å². The van der Waals surface area contributed by atoms with E-state index >= 15 is 0 Å². The predicted molar refractivity (Wildman–Crippen MR) is 112 cm³/mol. The maximum atomic E-state index is 11.6. The van der Waals surface area contributed by atoms with Gasteiger partial charge in [-0.05, 0) is 30.4 Å². The number of nitrogens with one attached hydrogen (secondary N) is 2. The van der Waals surface area contributed by atoms with E-state index in [2.05, 4.69) is 15.6 Å². The number of nitrogens with zero attached hydrogens (tertiary/aromatic N) is 1. The Bertz CT molecular complexity index is 948. The minimum absolute atomic E-state index is 0.0300. The number of anilines is 1. The lowest BCUT2D eigenvalue weighted by molar-refractivity contribution is 0.355. The zero-order valence-electron chi connectivity index (χ0n) is 14.6. The molecular weight excluding hydrogens is 430 g/mol. The van der Waals surface area contributed by atoms with Gasteiger partial charge in [-0.25, -0.2) is 13.4 Å². The molecule has 1 aliphatic heterocycles. The highest BCUT2D eigenvalue weighted by atomic mass is 35.5. The Morgan fingerprint density at radius 3 is 2.67 bits per heavy atom. The molecule has 0 bridgehead atoms. The van der Waals surface area contributed by atoms with E-state index in [1.54, 1.807) is 14.2 Å². The van der Waals surface area contributed by atoms with Crippen LogP contribution < -0.4 is 20.1 Å². The average Bonchev–Trinajstić information content (AvgIpc) is 3.17. The topological polar surface area (TPSA) is 89.6 Å². The molecule has 1 saturated heterocycles. The Labute approximate surface area is 172 Å². The maximum absolute atomic E-state index is 11.6. The van der Waals surface area contributed by atoms with E-state index in [-0.39, 0.29) is 16.6 Å². The number of rotatable bonds is 5. The summed E-state index contributed by atoms with van der Waals surface area (Å²) in [5.74, 6) is 1.18. The van der Waals surface area contributed by atoms with E-state index in [1.807, 2.05) is 23.6 Å². The Hall–Kier alpha value is -1.62. The summed E-state index contributed by atoms with van der Waals surface area (Å²) in [7, 11) is 0.0328. The first-order valence-electron chi connectivity index (χ1n) is 7.91. The minimum Gasteiger partial charge on any atom is -0.493 e. The van der Waals surface area contributed by atoms with Crippen LogP contribution in [0.15, 0.2) is 23.6 Å². The number of benzene rings is 1. The third kappa shape index (κ3) is 4.81. The second-order valence-corrected chi connectivity index (χ2v) is 9.89. The van der Waals surface area contributed by atoms with Crippen LogP contribution in [0.25, 0.3) is 11.3 Å². The van der Waals surface area contributed by atoms with Gasteiger partial charge < -0.3 is 20.1 Å². The molecule has 1 aliphatic rings. The molecular formula is C16H18ClN3O4S3. The highest BCUT2D eigenvalue weighted by Gasteiger charge is 2.36.